The van der Waals surface area contributed by atoms with E-state index in [4.69, 9.17) is 4.74 Å². The Kier molecular flexibility index (Phi) is 5.41. The minimum Gasteiger partial charge on any atom is -0.493 e. The van der Waals surface area contributed by atoms with Gasteiger partial charge in [0.25, 0.3) is 0 Å². The molecule has 0 saturated heterocycles. The van der Waals surface area contributed by atoms with Crippen LogP contribution in [0.3, 0.4) is 0 Å². The molecular weight excluding hydrogens is 409 g/mol. The molecule has 158 valence electrons. The van der Waals surface area contributed by atoms with Crippen LogP contribution < -0.4 is 10.1 Å². The Bertz CT molecular complexity index is 1160. The molecule has 9 heteroatoms. The lowest BCUT2D eigenvalue weighted by molar-refractivity contribution is -0.138. The molecule has 1 aromatic carbocycles. The molecule has 1 aliphatic heterocycles. The standard InChI is InChI=1S/C22H17F3N4O2/c1-2-31-20-10-19-18(9-15(20)22(23,24)25)29-21(30)11-17(28-19)13-5-7-27-16(8-13)14-4-3-6-26-12-14/h3-10,12H,2,11H2,1H3,(H,29,30). The van der Waals surface area contributed by atoms with Gasteiger partial charge in [0.15, 0.2) is 0 Å². The lowest BCUT2D eigenvalue weighted by Gasteiger charge is -2.16. The zero-order valence-electron chi connectivity index (χ0n) is 16.4. The number of amides is 1. The molecule has 3 aromatic rings. The van der Waals surface area contributed by atoms with Gasteiger partial charge in [-0.3, -0.25) is 14.8 Å². The monoisotopic (exact) mass is 426 g/mol. The first-order chi connectivity index (χ1) is 14.8. The van der Waals surface area contributed by atoms with Crippen molar-refractivity contribution in [3.8, 4) is 17.0 Å². The van der Waals surface area contributed by atoms with E-state index in [1.165, 1.54) is 6.07 Å². The second-order valence-corrected chi connectivity index (χ2v) is 6.75. The summed E-state index contributed by atoms with van der Waals surface area (Å²) >= 11 is 0. The lowest BCUT2D eigenvalue weighted by atomic mass is 10.1. The van der Waals surface area contributed by atoms with Crippen LogP contribution in [0.15, 0.2) is 60.0 Å². The smallest absolute Gasteiger partial charge is 0.420 e. The number of fused-ring (bicyclic) bond motifs is 1. The first kappa shape index (κ1) is 20.5. The third-order valence-electron chi connectivity index (χ3n) is 4.61. The Labute approximate surface area is 175 Å². The third-order valence-corrected chi connectivity index (χ3v) is 4.61. The number of alkyl halides is 3. The average Bonchev–Trinajstić information content (AvgIpc) is 2.91. The van der Waals surface area contributed by atoms with Crippen molar-refractivity contribution in [1.29, 1.82) is 0 Å². The minimum atomic E-state index is -4.63. The van der Waals surface area contributed by atoms with Gasteiger partial charge >= 0.3 is 6.18 Å². The number of nitrogens with one attached hydrogen (secondary N) is 1. The van der Waals surface area contributed by atoms with Crippen molar-refractivity contribution in [2.75, 3.05) is 11.9 Å². The van der Waals surface area contributed by atoms with Crippen LogP contribution in [-0.2, 0) is 11.0 Å². The summed E-state index contributed by atoms with van der Waals surface area (Å²) in [7, 11) is 0. The average molecular weight is 426 g/mol. The first-order valence-corrected chi connectivity index (χ1v) is 9.47. The van der Waals surface area contributed by atoms with Crippen molar-refractivity contribution < 1.29 is 22.7 Å². The maximum Gasteiger partial charge on any atom is 0.420 e. The highest BCUT2D eigenvalue weighted by atomic mass is 19.4. The molecule has 0 saturated carbocycles. The number of benzene rings is 1. The van der Waals surface area contributed by atoms with E-state index in [9.17, 15) is 18.0 Å². The number of halogens is 3. The topological polar surface area (TPSA) is 76.5 Å². The molecule has 4 rings (SSSR count). The van der Waals surface area contributed by atoms with Crippen LogP contribution in [-0.4, -0.2) is 28.2 Å². The summed E-state index contributed by atoms with van der Waals surface area (Å²) in [5, 5.41) is 2.52. The maximum absolute atomic E-state index is 13.4. The fourth-order valence-electron chi connectivity index (χ4n) is 3.24. The van der Waals surface area contributed by atoms with E-state index < -0.39 is 17.6 Å². The van der Waals surface area contributed by atoms with Gasteiger partial charge in [-0.25, -0.2) is 4.99 Å². The number of rotatable bonds is 4. The number of hydrogen-bond donors (Lipinski definition) is 1. The lowest BCUT2D eigenvalue weighted by Crippen LogP contribution is -2.16. The SMILES string of the molecule is CCOc1cc2c(cc1C(F)(F)F)NC(=O)CC(c1ccnc(-c3cccnc3)c1)=N2. The molecule has 0 unspecified atom stereocenters. The van der Waals surface area contributed by atoms with Gasteiger partial charge in [-0.2, -0.15) is 13.2 Å². The quantitative estimate of drug-likeness (QED) is 0.635. The normalized spacial score (nSPS) is 13.7. The van der Waals surface area contributed by atoms with Crippen molar-refractivity contribution in [3.05, 3.63) is 66.1 Å². The number of pyridine rings is 2. The molecule has 1 N–H and O–H groups in total. The van der Waals surface area contributed by atoms with Gasteiger partial charge in [-0.15, -0.1) is 0 Å². The van der Waals surface area contributed by atoms with Crippen molar-refractivity contribution >= 4 is 23.0 Å². The van der Waals surface area contributed by atoms with E-state index in [0.29, 0.717) is 17.0 Å². The summed E-state index contributed by atoms with van der Waals surface area (Å²) in [6, 6.07) is 9.16. The molecule has 0 radical (unpaired) electrons. The number of anilines is 1. The van der Waals surface area contributed by atoms with Crippen molar-refractivity contribution in [3.63, 3.8) is 0 Å². The summed E-state index contributed by atoms with van der Waals surface area (Å²) in [5.74, 6) is -0.798. The number of nitrogens with zero attached hydrogens (tertiary/aromatic N) is 3. The number of hydrogen-bond acceptors (Lipinski definition) is 5. The molecule has 3 heterocycles. The summed E-state index contributed by atoms with van der Waals surface area (Å²) in [4.78, 5) is 25.3. The van der Waals surface area contributed by atoms with E-state index in [0.717, 1.165) is 11.6 Å². The zero-order chi connectivity index (χ0) is 22.0. The van der Waals surface area contributed by atoms with Gasteiger partial charge in [-0.1, -0.05) is 0 Å². The van der Waals surface area contributed by atoms with Crippen molar-refractivity contribution in [2.24, 2.45) is 4.99 Å². The molecule has 31 heavy (non-hydrogen) atoms. The van der Waals surface area contributed by atoms with Crippen LogP contribution in [0.25, 0.3) is 11.3 Å². The van der Waals surface area contributed by atoms with Crippen LogP contribution in [0.2, 0.25) is 0 Å². The summed E-state index contributed by atoms with van der Waals surface area (Å²) in [6.45, 7) is 1.66. The van der Waals surface area contributed by atoms with E-state index in [-0.39, 0.29) is 30.2 Å². The zero-order valence-corrected chi connectivity index (χ0v) is 16.4. The Morgan fingerprint density at radius 2 is 1.97 bits per heavy atom. The van der Waals surface area contributed by atoms with Crippen LogP contribution >= 0.6 is 0 Å². The van der Waals surface area contributed by atoms with Crippen LogP contribution in [0.1, 0.15) is 24.5 Å². The van der Waals surface area contributed by atoms with Gasteiger partial charge in [-0.05, 0) is 37.3 Å². The molecule has 1 aliphatic rings. The Hall–Kier alpha value is -3.75. The molecule has 0 aliphatic carbocycles. The van der Waals surface area contributed by atoms with E-state index in [1.54, 1.807) is 43.7 Å². The predicted molar refractivity (Wildman–Crippen MR) is 110 cm³/mol. The molecule has 0 atom stereocenters. The summed E-state index contributed by atoms with van der Waals surface area (Å²) in [6.07, 6.45) is 0.164. The number of carbonyl (C=O) groups excluding carboxylic acids is 1. The summed E-state index contributed by atoms with van der Waals surface area (Å²) < 4.78 is 45.5. The maximum atomic E-state index is 13.4. The van der Waals surface area contributed by atoms with E-state index in [1.807, 2.05) is 6.07 Å². The number of aliphatic imine (C=N–C) groups is 1. The number of ether oxygens (including phenoxy) is 1. The second kappa shape index (κ2) is 8.17. The molecule has 1 amide bonds. The third kappa shape index (κ3) is 4.40. The minimum absolute atomic E-state index is 0.0164. The first-order valence-electron chi connectivity index (χ1n) is 9.47. The van der Waals surface area contributed by atoms with Gasteiger partial charge in [0.2, 0.25) is 5.91 Å². The van der Waals surface area contributed by atoms with Gasteiger partial charge in [0.1, 0.15) is 5.75 Å². The van der Waals surface area contributed by atoms with Crippen LogP contribution in [0, 0.1) is 0 Å². The van der Waals surface area contributed by atoms with Crippen LogP contribution in [0.5, 0.6) is 5.75 Å². The second-order valence-electron chi connectivity index (χ2n) is 6.75. The molecular formula is C22H17F3N4O2. The van der Waals surface area contributed by atoms with E-state index >= 15 is 0 Å². The molecule has 2 aromatic heterocycles. The largest absolute Gasteiger partial charge is 0.493 e. The highest BCUT2D eigenvalue weighted by Crippen LogP contribution is 2.43. The fourth-order valence-corrected chi connectivity index (χ4v) is 3.24. The Balaban J connectivity index is 1.81. The van der Waals surface area contributed by atoms with Gasteiger partial charge in [0.05, 0.1) is 41.4 Å². The van der Waals surface area contributed by atoms with Gasteiger partial charge in [0, 0.05) is 35.8 Å². The highest BCUT2D eigenvalue weighted by Gasteiger charge is 2.36. The highest BCUT2D eigenvalue weighted by molar-refractivity contribution is 6.17. The fraction of sp³-hybridized carbons (Fsp3) is 0.182. The van der Waals surface area contributed by atoms with E-state index in [2.05, 4.69) is 20.3 Å². The Morgan fingerprint density at radius 1 is 1.13 bits per heavy atom. The summed E-state index contributed by atoms with van der Waals surface area (Å²) in [5.41, 5.74) is 1.68. The van der Waals surface area contributed by atoms with Crippen molar-refractivity contribution in [1.82, 2.24) is 9.97 Å². The molecule has 6 nitrogen and oxygen atoms in total. The number of aromatic nitrogens is 2. The molecule has 0 fully saturated rings. The van der Waals surface area contributed by atoms with Crippen molar-refractivity contribution in [2.45, 2.75) is 19.5 Å². The molecule has 0 spiro atoms. The number of carbonyl (C=O) groups is 1. The molecule has 0 bridgehead atoms. The Morgan fingerprint density at radius 3 is 2.68 bits per heavy atom. The predicted octanol–water partition coefficient (Wildman–Crippen LogP) is 5.02. The van der Waals surface area contributed by atoms with Gasteiger partial charge < -0.3 is 10.1 Å². The van der Waals surface area contributed by atoms with Crippen LogP contribution in [0.4, 0.5) is 24.5 Å².